The lowest BCUT2D eigenvalue weighted by Gasteiger charge is -2.41. The maximum atomic E-state index is 12.1. The summed E-state index contributed by atoms with van der Waals surface area (Å²) in [6.07, 6.45) is 17.9. The smallest absolute Gasteiger partial charge is 0.182 e. The number of ketones is 1. The summed E-state index contributed by atoms with van der Waals surface area (Å²) in [6, 6.07) is 0. The van der Waals surface area contributed by atoms with Gasteiger partial charge in [-0.15, -0.1) is 0 Å². The van der Waals surface area contributed by atoms with E-state index in [9.17, 15) is 4.79 Å². The van der Waals surface area contributed by atoms with Gasteiger partial charge < -0.3 is 0 Å². The molecule has 3 rings (SSSR count). The molecular formula is C15H16O. The molecule has 0 aliphatic heterocycles. The highest BCUT2D eigenvalue weighted by atomic mass is 16.1. The molecule has 0 aromatic rings. The Labute approximate surface area is 96.2 Å². The van der Waals surface area contributed by atoms with E-state index in [-0.39, 0.29) is 11.2 Å². The van der Waals surface area contributed by atoms with Crippen LogP contribution in [0, 0.1) is 5.41 Å². The molecule has 0 aromatic heterocycles. The molecule has 0 heterocycles. The van der Waals surface area contributed by atoms with Crippen molar-refractivity contribution in [2.45, 2.75) is 32.1 Å². The van der Waals surface area contributed by atoms with Gasteiger partial charge in [0.05, 0.1) is 0 Å². The molecule has 0 bridgehead atoms. The summed E-state index contributed by atoms with van der Waals surface area (Å²) in [7, 11) is 0. The third kappa shape index (κ3) is 1.27. The number of hydrogen-bond donors (Lipinski definition) is 0. The summed E-state index contributed by atoms with van der Waals surface area (Å²) in [4.78, 5) is 12.1. The average molecular weight is 212 g/mol. The molecule has 1 nitrogen and oxygen atoms in total. The van der Waals surface area contributed by atoms with Crippen molar-refractivity contribution < 1.29 is 4.79 Å². The van der Waals surface area contributed by atoms with Crippen LogP contribution in [0.2, 0.25) is 0 Å². The summed E-state index contributed by atoms with van der Waals surface area (Å²) in [5.74, 6) is 0.206. The van der Waals surface area contributed by atoms with Crippen molar-refractivity contribution in [2.24, 2.45) is 5.41 Å². The van der Waals surface area contributed by atoms with E-state index in [0.717, 1.165) is 24.8 Å². The van der Waals surface area contributed by atoms with Crippen LogP contribution >= 0.6 is 0 Å². The normalized spacial score (nSPS) is 32.4. The highest BCUT2D eigenvalue weighted by Gasteiger charge is 2.42. The van der Waals surface area contributed by atoms with Gasteiger partial charge in [-0.25, -0.2) is 0 Å². The third-order valence-corrected chi connectivity index (χ3v) is 4.11. The second-order valence-corrected chi connectivity index (χ2v) is 4.92. The lowest BCUT2D eigenvalue weighted by atomic mass is 9.62. The predicted molar refractivity (Wildman–Crippen MR) is 65.0 cm³/mol. The Morgan fingerprint density at radius 1 is 1.12 bits per heavy atom. The van der Waals surface area contributed by atoms with Crippen molar-refractivity contribution in [3.8, 4) is 0 Å². The zero-order valence-electron chi connectivity index (χ0n) is 9.41. The Balaban J connectivity index is 2.16. The molecule has 1 atom stereocenters. The summed E-state index contributed by atoms with van der Waals surface area (Å²) in [6.45, 7) is 0. The van der Waals surface area contributed by atoms with Crippen LogP contribution in [0.1, 0.15) is 32.1 Å². The van der Waals surface area contributed by atoms with Crippen molar-refractivity contribution in [2.75, 3.05) is 0 Å². The number of allylic oxidation sites excluding steroid dienone is 8. The van der Waals surface area contributed by atoms with Crippen molar-refractivity contribution in [3.63, 3.8) is 0 Å². The largest absolute Gasteiger partial charge is 0.290 e. The first-order valence-corrected chi connectivity index (χ1v) is 6.12. The van der Waals surface area contributed by atoms with Gasteiger partial charge in [0.2, 0.25) is 0 Å². The molecule has 82 valence electrons. The fourth-order valence-corrected chi connectivity index (χ4v) is 3.29. The molecule has 0 aromatic carbocycles. The zero-order valence-corrected chi connectivity index (χ0v) is 9.41. The minimum absolute atomic E-state index is 0.0492. The van der Waals surface area contributed by atoms with E-state index in [0.29, 0.717) is 0 Å². The molecule has 1 spiro atoms. The van der Waals surface area contributed by atoms with Gasteiger partial charge in [-0.2, -0.15) is 0 Å². The molecule has 3 aliphatic rings. The summed E-state index contributed by atoms with van der Waals surface area (Å²) in [5, 5.41) is 0. The van der Waals surface area contributed by atoms with E-state index in [1.54, 1.807) is 6.08 Å². The van der Waals surface area contributed by atoms with E-state index in [2.05, 4.69) is 12.2 Å². The molecule has 0 saturated heterocycles. The molecule has 1 fully saturated rings. The molecule has 0 amide bonds. The van der Waals surface area contributed by atoms with Gasteiger partial charge in [0, 0.05) is 11.0 Å². The van der Waals surface area contributed by atoms with Crippen LogP contribution in [-0.4, -0.2) is 5.78 Å². The van der Waals surface area contributed by atoms with Crippen LogP contribution in [0.3, 0.4) is 0 Å². The van der Waals surface area contributed by atoms with Gasteiger partial charge in [-0.3, -0.25) is 4.79 Å². The fraction of sp³-hybridized carbons (Fsp3) is 0.400. The van der Waals surface area contributed by atoms with E-state index in [1.807, 2.05) is 18.2 Å². The van der Waals surface area contributed by atoms with Crippen LogP contribution in [0.4, 0.5) is 0 Å². The fourth-order valence-electron chi connectivity index (χ4n) is 3.29. The van der Waals surface area contributed by atoms with Gasteiger partial charge in [0.15, 0.2) is 5.78 Å². The number of carbonyl (C=O) groups excluding carboxylic acids is 1. The van der Waals surface area contributed by atoms with Crippen molar-refractivity contribution in [1.29, 1.82) is 0 Å². The molecule has 16 heavy (non-hydrogen) atoms. The molecular weight excluding hydrogens is 196 g/mol. The first kappa shape index (κ1) is 9.83. The van der Waals surface area contributed by atoms with Crippen molar-refractivity contribution in [1.82, 2.24) is 0 Å². The van der Waals surface area contributed by atoms with Gasteiger partial charge in [0.1, 0.15) is 0 Å². The summed E-state index contributed by atoms with van der Waals surface area (Å²) >= 11 is 0. The molecule has 0 N–H and O–H groups in total. The SMILES string of the molecule is O=C1C=CC=C2CCCCC23CC=CC=C13. The first-order chi connectivity index (χ1) is 7.83. The van der Waals surface area contributed by atoms with Crippen LogP contribution in [0.25, 0.3) is 0 Å². The lowest BCUT2D eigenvalue weighted by Crippen LogP contribution is -2.32. The second kappa shape index (κ2) is 3.58. The standard InChI is InChI=1S/C15H16O/c16-14-9-5-7-12-6-1-3-10-15(12)11-4-2-8-13(14)15/h2,4-5,7-9H,1,3,6,10-11H2. The highest BCUT2D eigenvalue weighted by Crippen LogP contribution is 2.51. The Hall–Kier alpha value is -1.37. The third-order valence-electron chi connectivity index (χ3n) is 4.11. The van der Waals surface area contributed by atoms with Gasteiger partial charge >= 0.3 is 0 Å². The molecule has 3 aliphatic carbocycles. The van der Waals surface area contributed by atoms with E-state index in [4.69, 9.17) is 0 Å². The first-order valence-electron chi connectivity index (χ1n) is 6.12. The van der Waals surface area contributed by atoms with Crippen LogP contribution in [-0.2, 0) is 4.79 Å². The van der Waals surface area contributed by atoms with Gasteiger partial charge in [0.25, 0.3) is 0 Å². The topological polar surface area (TPSA) is 17.1 Å². The van der Waals surface area contributed by atoms with E-state index in [1.165, 1.54) is 18.4 Å². The van der Waals surface area contributed by atoms with E-state index >= 15 is 0 Å². The Morgan fingerprint density at radius 2 is 2.06 bits per heavy atom. The van der Waals surface area contributed by atoms with Crippen LogP contribution in [0.15, 0.2) is 47.6 Å². The average Bonchev–Trinajstić information content (AvgIpc) is 2.46. The Morgan fingerprint density at radius 3 is 3.00 bits per heavy atom. The number of rotatable bonds is 0. The van der Waals surface area contributed by atoms with Gasteiger partial charge in [-0.05, 0) is 31.8 Å². The highest BCUT2D eigenvalue weighted by molar-refractivity contribution is 6.06. The zero-order chi connectivity index (χ0) is 11.0. The maximum Gasteiger partial charge on any atom is 0.182 e. The van der Waals surface area contributed by atoms with Crippen LogP contribution in [0.5, 0.6) is 0 Å². The quantitative estimate of drug-likeness (QED) is 0.600. The summed E-state index contributed by atoms with van der Waals surface area (Å²) < 4.78 is 0. The predicted octanol–water partition coefficient (Wildman–Crippen LogP) is 3.50. The van der Waals surface area contributed by atoms with Crippen molar-refractivity contribution in [3.05, 3.63) is 47.6 Å². The minimum atomic E-state index is 0.0492. The Kier molecular flexibility index (Phi) is 2.20. The van der Waals surface area contributed by atoms with Crippen molar-refractivity contribution >= 4 is 5.78 Å². The molecule has 1 unspecified atom stereocenters. The Bertz CT molecular complexity index is 448. The maximum absolute atomic E-state index is 12.1. The number of carbonyl (C=O) groups is 1. The van der Waals surface area contributed by atoms with E-state index < -0.39 is 0 Å². The molecule has 0 radical (unpaired) electrons. The summed E-state index contributed by atoms with van der Waals surface area (Å²) in [5.41, 5.74) is 2.54. The monoisotopic (exact) mass is 212 g/mol. The second-order valence-electron chi connectivity index (χ2n) is 4.92. The van der Waals surface area contributed by atoms with Gasteiger partial charge in [-0.1, -0.05) is 42.4 Å². The molecule has 1 saturated carbocycles. The number of hydrogen-bond acceptors (Lipinski definition) is 1. The lowest BCUT2D eigenvalue weighted by molar-refractivity contribution is -0.112. The molecule has 1 heteroatoms. The van der Waals surface area contributed by atoms with Crippen LogP contribution < -0.4 is 0 Å². The minimum Gasteiger partial charge on any atom is -0.290 e.